The van der Waals surface area contributed by atoms with Crippen LogP contribution in [0.4, 0.5) is 5.82 Å². The summed E-state index contributed by atoms with van der Waals surface area (Å²) in [5.41, 5.74) is 0.157. The van der Waals surface area contributed by atoms with Gasteiger partial charge >= 0.3 is 0 Å². The fourth-order valence-electron chi connectivity index (χ4n) is 0.938. The maximum absolute atomic E-state index is 10.8. The van der Waals surface area contributed by atoms with Gasteiger partial charge in [-0.25, -0.2) is 9.97 Å². The predicted octanol–water partition coefficient (Wildman–Crippen LogP) is -0.380. The first-order chi connectivity index (χ1) is 6.29. The van der Waals surface area contributed by atoms with Gasteiger partial charge in [0.25, 0.3) is 11.8 Å². The van der Waals surface area contributed by atoms with Crippen LogP contribution in [-0.2, 0) is 4.79 Å². The van der Waals surface area contributed by atoms with Crippen LogP contribution in [0, 0.1) is 0 Å². The number of amides is 1. The van der Waals surface area contributed by atoms with Gasteiger partial charge in [-0.3, -0.25) is 9.59 Å². The number of hydrogen-bond donors (Lipinski definition) is 1. The second-order valence-electron chi connectivity index (χ2n) is 2.40. The maximum atomic E-state index is 10.8. The van der Waals surface area contributed by atoms with E-state index >= 15 is 0 Å². The fourth-order valence-corrected chi connectivity index (χ4v) is 0.938. The highest BCUT2D eigenvalue weighted by molar-refractivity contribution is 5.94. The van der Waals surface area contributed by atoms with Gasteiger partial charge in [-0.15, -0.1) is 0 Å². The molecule has 2 heterocycles. The molecule has 0 bridgehead atoms. The highest BCUT2D eigenvalue weighted by Gasteiger charge is 2.18. The van der Waals surface area contributed by atoms with Crippen molar-refractivity contribution < 1.29 is 14.3 Å². The summed E-state index contributed by atoms with van der Waals surface area (Å²) in [6.45, 7) is -0.0673. The number of nitrogens with zero attached hydrogens (tertiary/aromatic N) is 2. The molecule has 1 aliphatic heterocycles. The minimum atomic E-state index is -0.301. The lowest BCUT2D eigenvalue weighted by Gasteiger charge is -2.14. The monoisotopic (exact) mass is 179 g/mol. The number of carbonyl (C=O) groups excluding carboxylic acids is 2. The Hall–Kier alpha value is -1.98. The summed E-state index contributed by atoms with van der Waals surface area (Å²) in [5.74, 6) is 0.135. The van der Waals surface area contributed by atoms with E-state index in [2.05, 4.69) is 15.3 Å². The van der Waals surface area contributed by atoms with Crippen molar-refractivity contribution in [2.75, 3.05) is 11.9 Å². The van der Waals surface area contributed by atoms with Gasteiger partial charge in [0, 0.05) is 0 Å². The smallest absolute Gasteiger partial charge is 0.263 e. The summed E-state index contributed by atoms with van der Waals surface area (Å²) in [6, 6.07) is 0. The van der Waals surface area contributed by atoms with Crippen LogP contribution in [0.25, 0.3) is 0 Å². The molecule has 6 nitrogen and oxygen atoms in total. The lowest BCUT2D eigenvalue weighted by Crippen LogP contribution is -2.27. The van der Waals surface area contributed by atoms with Gasteiger partial charge in [-0.1, -0.05) is 0 Å². The van der Waals surface area contributed by atoms with Crippen molar-refractivity contribution in [2.24, 2.45) is 0 Å². The summed E-state index contributed by atoms with van der Waals surface area (Å²) in [4.78, 5) is 28.7. The summed E-state index contributed by atoms with van der Waals surface area (Å²) in [7, 11) is 0. The van der Waals surface area contributed by atoms with Crippen molar-refractivity contribution in [2.45, 2.75) is 0 Å². The molecule has 0 spiro atoms. The van der Waals surface area contributed by atoms with Crippen LogP contribution >= 0.6 is 0 Å². The van der Waals surface area contributed by atoms with Gasteiger partial charge in [0.1, 0.15) is 5.69 Å². The average Bonchev–Trinajstić information content (AvgIpc) is 2.16. The highest BCUT2D eigenvalue weighted by atomic mass is 16.5. The van der Waals surface area contributed by atoms with Crippen LogP contribution in [0.2, 0.25) is 0 Å². The number of aromatic nitrogens is 2. The summed E-state index contributed by atoms with van der Waals surface area (Å²) < 4.78 is 4.93. The van der Waals surface area contributed by atoms with E-state index in [1.807, 2.05) is 0 Å². The first-order valence-electron chi connectivity index (χ1n) is 3.54. The SMILES string of the molecule is O=Cc1cnc2c(n1)NC(=O)CO2. The minimum Gasteiger partial charge on any atom is -0.465 e. The minimum absolute atomic E-state index is 0.0673. The van der Waals surface area contributed by atoms with Crippen molar-refractivity contribution >= 4 is 18.0 Å². The third-order valence-electron chi connectivity index (χ3n) is 1.48. The molecule has 13 heavy (non-hydrogen) atoms. The average molecular weight is 179 g/mol. The molecule has 1 aliphatic rings. The Morgan fingerprint density at radius 1 is 1.62 bits per heavy atom. The molecule has 6 heteroatoms. The molecule has 0 saturated carbocycles. The number of rotatable bonds is 1. The van der Waals surface area contributed by atoms with Crippen LogP contribution in [0.5, 0.6) is 5.88 Å². The Labute approximate surface area is 72.9 Å². The van der Waals surface area contributed by atoms with Gasteiger partial charge in [0.2, 0.25) is 0 Å². The lowest BCUT2D eigenvalue weighted by atomic mass is 10.4. The van der Waals surface area contributed by atoms with E-state index in [0.29, 0.717) is 6.29 Å². The van der Waals surface area contributed by atoms with Crippen LogP contribution in [0.15, 0.2) is 6.20 Å². The molecule has 0 aromatic carbocycles. The zero-order chi connectivity index (χ0) is 9.26. The Bertz CT molecular complexity index is 377. The number of hydrogen-bond acceptors (Lipinski definition) is 5. The molecule has 0 fully saturated rings. The topological polar surface area (TPSA) is 81.2 Å². The van der Waals surface area contributed by atoms with E-state index in [0.717, 1.165) is 0 Å². The normalized spacial score (nSPS) is 14.0. The van der Waals surface area contributed by atoms with Crippen molar-refractivity contribution in [3.05, 3.63) is 11.9 Å². The lowest BCUT2D eigenvalue weighted by molar-refractivity contribution is -0.118. The molecule has 1 aromatic rings. The summed E-state index contributed by atoms with van der Waals surface area (Å²) in [5, 5.41) is 2.44. The van der Waals surface area contributed by atoms with Gasteiger partial charge in [-0.05, 0) is 0 Å². The summed E-state index contributed by atoms with van der Waals surface area (Å²) >= 11 is 0. The van der Waals surface area contributed by atoms with E-state index in [-0.39, 0.29) is 29.9 Å². The van der Waals surface area contributed by atoms with Crippen LogP contribution < -0.4 is 10.1 Å². The largest absolute Gasteiger partial charge is 0.465 e. The Morgan fingerprint density at radius 3 is 3.23 bits per heavy atom. The highest BCUT2D eigenvalue weighted by Crippen LogP contribution is 2.21. The second-order valence-corrected chi connectivity index (χ2v) is 2.40. The number of ether oxygens (including phenoxy) is 1. The van der Waals surface area contributed by atoms with Crippen LogP contribution in [0.1, 0.15) is 10.5 Å². The van der Waals surface area contributed by atoms with Crippen molar-refractivity contribution in [1.82, 2.24) is 9.97 Å². The van der Waals surface area contributed by atoms with Crippen molar-refractivity contribution in [3.8, 4) is 5.88 Å². The maximum Gasteiger partial charge on any atom is 0.263 e. The van der Waals surface area contributed by atoms with Gasteiger partial charge < -0.3 is 10.1 Å². The first kappa shape index (κ1) is 7.66. The number of carbonyl (C=O) groups is 2. The summed E-state index contributed by atoms with van der Waals surface area (Å²) in [6.07, 6.45) is 1.83. The number of aldehydes is 1. The van der Waals surface area contributed by atoms with Gasteiger partial charge in [0.15, 0.2) is 18.7 Å². The standard InChI is InChI=1S/C7H5N3O3/c11-2-4-1-8-7-6(9-4)10-5(12)3-13-7/h1-2H,3H2,(H,9,10,12). The second kappa shape index (κ2) is 2.81. The van der Waals surface area contributed by atoms with Gasteiger partial charge in [0.05, 0.1) is 6.20 Å². The van der Waals surface area contributed by atoms with E-state index in [1.54, 1.807) is 0 Å². The number of nitrogens with one attached hydrogen (secondary N) is 1. The molecule has 1 aromatic heterocycles. The van der Waals surface area contributed by atoms with Crippen LogP contribution in [-0.4, -0.2) is 28.8 Å². The Kier molecular flexibility index (Phi) is 1.66. The number of fused-ring (bicyclic) bond motifs is 1. The molecule has 0 atom stereocenters. The zero-order valence-electron chi connectivity index (χ0n) is 6.48. The fraction of sp³-hybridized carbons (Fsp3) is 0.143. The van der Waals surface area contributed by atoms with Crippen LogP contribution in [0.3, 0.4) is 0 Å². The van der Waals surface area contributed by atoms with Crippen molar-refractivity contribution in [3.63, 3.8) is 0 Å². The van der Waals surface area contributed by atoms with E-state index in [9.17, 15) is 9.59 Å². The van der Waals surface area contributed by atoms with E-state index in [1.165, 1.54) is 6.20 Å². The molecule has 0 unspecified atom stereocenters. The number of anilines is 1. The van der Waals surface area contributed by atoms with E-state index < -0.39 is 0 Å². The zero-order valence-corrected chi connectivity index (χ0v) is 6.48. The molecule has 2 rings (SSSR count). The molecule has 1 amide bonds. The Morgan fingerprint density at radius 2 is 2.46 bits per heavy atom. The molecule has 0 saturated heterocycles. The quantitative estimate of drug-likeness (QED) is 0.594. The molecule has 66 valence electrons. The Balaban J connectivity index is 2.43. The first-order valence-corrected chi connectivity index (χ1v) is 3.54. The molecular weight excluding hydrogens is 174 g/mol. The third kappa shape index (κ3) is 1.33. The van der Waals surface area contributed by atoms with Crippen molar-refractivity contribution in [1.29, 1.82) is 0 Å². The molecular formula is C7H5N3O3. The molecule has 0 aliphatic carbocycles. The van der Waals surface area contributed by atoms with E-state index in [4.69, 9.17) is 4.74 Å². The molecule has 0 radical (unpaired) electrons. The molecule has 1 N–H and O–H groups in total. The third-order valence-corrected chi connectivity index (χ3v) is 1.48. The van der Waals surface area contributed by atoms with Gasteiger partial charge in [-0.2, -0.15) is 0 Å². The predicted molar refractivity (Wildman–Crippen MR) is 41.5 cm³/mol.